The molecule has 9 heteroatoms. The second-order valence-electron chi connectivity index (χ2n) is 2.95. The first kappa shape index (κ1) is 13.3. The van der Waals surface area contributed by atoms with E-state index in [2.05, 4.69) is 0 Å². The van der Waals surface area contributed by atoms with Gasteiger partial charge in [0.25, 0.3) is 5.69 Å². The molecular weight excluding hydrogens is 256 g/mol. The zero-order valence-corrected chi connectivity index (χ0v) is 7.76. The molecule has 94 valence electrons. The Bertz CT molecular complexity index is 418. The van der Waals surface area contributed by atoms with Crippen LogP contribution < -0.4 is 0 Å². The monoisotopic (exact) mass is 259 g/mol. The third kappa shape index (κ3) is 2.66. The molecule has 0 heterocycles. The van der Waals surface area contributed by atoms with E-state index in [1.165, 1.54) is 0 Å². The fraction of sp³-hybridized carbons (Fsp3) is 0.250. The highest BCUT2D eigenvalue weighted by molar-refractivity contribution is 5.50. The van der Waals surface area contributed by atoms with Crippen LogP contribution in [0.15, 0.2) is 18.2 Å². The number of alkyl halides is 6. The van der Waals surface area contributed by atoms with Gasteiger partial charge in [-0.25, -0.2) is 0 Å². The van der Waals surface area contributed by atoms with Gasteiger partial charge in [-0.05, 0) is 12.1 Å². The lowest BCUT2D eigenvalue weighted by atomic mass is 10.1. The van der Waals surface area contributed by atoms with Crippen molar-refractivity contribution in [2.45, 2.75) is 12.4 Å². The Morgan fingerprint density at radius 3 is 1.53 bits per heavy atom. The fourth-order valence-electron chi connectivity index (χ4n) is 1.20. The van der Waals surface area contributed by atoms with Crippen molar-refractivity contribution < 1.29 is 31.3 Å². The van der Waals surface area contributed by atoms with Gasteiger partial charge in [0.05, 0.1) is 4.92 Å². The number of halogens is 6. The van der Waals surface area contributed by atoms with Crippen LogP contribution in [0.2, 0.25) is 0 Å². The Morgan fingerprint density at radius 2 is 1.29 bits per heavy atom. The van der Waals surface area contributed by atoms with Crippen molar-refractivity contribution >= 4 is 5.69 Å². The molecule has 0 saturated carbocycles. The number of nitrogens with zero attached hydrogens (tertiary/aromatic N) is 1. The second kappa shape index (κ2) is 3.90. The van der Waals surface area contributed by atoms with Crippen LogP contribution in [0.25, 0.3) is 0 Å². The number of benzene rings is 1. The summed E-state index contributed by atoms with van der Waals surface area (Å²) in [6, 6.07) is 0.930. The lowest BCUT2D eigenvalue weighted by molar-refractivity contribution is -0.391. The lowest BCUT2D eigenvalue weighted by Gasteiger charge is -2.12. The Kier molecular flexibility index (Phi) is 3.04. The molecule has 0 N–H and O–H groups in total. The van der Waals surface area contributed by atoms with Crippen LogP contribution in [-0.4, -0.2) is 4.92 Å². The van der Waals surface area contributed by atoms with Crippen molar-refractivity contribution in [1.29, 1.82) is 0 Å². The summed E-state index contributed by atoms with van der Waals surface area (Å²) in [5.41, 5.74) is -5.82. The molecule has 0 radical (unpaired) electrons. The van der Waals surface area contributed by atoms with E-state index < -0.39 is 34.1 Å². The second-order valence-corrected chi connectivity index (χ2v) is 2.95. The first-order valence-corrected chi connectivity index (χ1v) is 3.97. The average Bonchev–Trinajstić information content (AvgIpc) is 2.13. The summed E-state index contributed by atoms with van der Waals surface area (Å²) in [5.74, 6) is 0. The van der Waals surface area contributed by atoms with Gasteiger partial charge in [0.1, 0.15) is 11.1 Å². The molecule has 1 aromatic rings. The Balaban J connectivity index is 3.61. The zero-order valence-electron chi connectivity index (χ0n) is 7.76. The van der Waals surface area contributed by atoms with E-state index >= 15 is 0 Å². The molecule has 1 rings (SSSR count). The normalized spacial score (nSPS) is 12.6. The van der Waals surface area contributed by atoms with Gasteiger partial charge in [0.15, 0.2) is 0 Å². The van der Waals surface area contributed by atoms with Crippen molar-refractivity contribution in [2.75, 3.05) is 0 Å². The quantitative estimate of drug-likeness (QED) is 0.439. The number of hydrogen-bond donors (Lipinski definition) is 0. The fourth-order valence-corrected chi connectivity index (χ4v) is 1.20. The van der Waals surface area contributed by atoms with Gasteiger partial charge < -0.3 is 0 Å². The topological polar surface area (TPSA) is 43.1 Å². The van der Waals surface area contributed by atoms with E-state index in [1.807, 2.05) is 0 Å². The molecule has 17 heavy (non-hydrogen) atoms. The molecule has 0 fully saturated rings. The van der Waals surface area contributed by atoms with Gasteiger partial charge in [-0.3, -0.25) is 10.1 Å². The summed E-state index contributed by atoms with van der Waals surface area (Å²) >= 11 is 0. The maximum absolute atomic E-state index is 12.3. The first-order valence-electron chi connectivity index (χ1n) is 3.97. The SMILES string of the molecule is O=[N+]([O-])c1c(C(F)(F)F)cccc1C(F)(F)F. The zero-order chi connectivity index (χ0) is 13.4. The van der Waals surface area contributed by atoms with Crippen LogP contribution in [0.1, 0.15) is 11.1 Å². The van der Waals surface area contributed by atoms with Crippen molar-refractivity contribution in [3.05, 3.63) is 39.4 Å². The van der Waals surface area contributed by atoms with Crippen molar-refractivity contribution in [3.8, 4) is 0 Å². The average molecular weight is 259 g/mol. The molecule has 0 aliphatic carbocycles. The van der Waals surface area contributed by atoms with Crippen molar-refractivity contribution in [3.63, 3.8) is 0 Å². The molecule has 0 spiro atoms. The molecule has 0 atom stereocenters. The number of rotatable bonds is 1. The van der Waals surface area contributed by atoms with Crippen LogP contribution in [0, 0.1) is 10.1 Å². The molecule has 0 amide bonds. The molecule has 0 aliphatic heterocycles. The van der Waals surface area contributed by atoms with E-state index in [0.29, 0.717) is 6.07 Å². The van der Waals surface area contributed by atoms with E-state index in [0.717, 1.165) is 0 Å². The summed E-state index contributed by atoms with van der Waals surface area (Å²) in [4.78, 5) is 8.65. The summed E-state index contributed by atoms with van der Waals surface area (Å²) in [7, 11) is 0. The minimum atomic E-state index is -5.22. The van der Waals surface area contributed by atoms with E-state index in [1.54, 1.807) is 0 Å². The predicted octanol–water partition coefficient (Wildman–Crippen LogP) is 3.63. The molecule has 3 nitrogen and oxygen atoms in total. The summed E-state index contributed by atoms with van der Waals surface area (Å²) < 4.78 is 73.8. The third-order valence-corrected chi connectivity index (χ3v) is 1.83. The maximum atomic E-state index is 12.3. The number of nitro groups is 1. The molecule has 0 aromatic heterocycles. The van der Waals surface area contributed by atoms with Gasteiger partial charge in [-0.2, -0.15) is 26.3 Å². The van der Waals surface area contributed by atoms with Crippen LogP contribution in [0.5, 0.6) is 0 Å². The molecule has 0 bridgehead atoms. The summed E-state index contributed by atoms with van der Waals surface area (Å²) in [6.07, 6.45) is -10.4. The molecule has 0 unspecified atom stereocenters. The third-order valence-electron chi connectivity index (χ3n) is 1.83. The lowest BCUT2D eigenvalue weighted by Crippen LogP contribution is -2.15. The van der Waals surface area contributed by atoms with Crippen molar-refractivity contribution in [2.24, 2.45) is 0 Å². The van der Waals surface area contributed by atoms with Crippen molar-refractivity contribution in [1.82, 2.24) is 0 Å². The van der Waals surface area contributed by atoms with Gasteiger partial charge in [0, 0.05) is 0 Å². The largest absolute Gasteiger partial charge is 0.423 e. The highest BCUT2D eigenvalue weighted by Crippen LogP contribution is 2.43. The Labute approximate surface area is 89.8 Å². The molecular formula is C8H3F6NO2. The Hall–Kier alpha value is -1.80. The van der Waals surface area contributed by atoms with E-state index in [-0.39, 0.29) is 12.1 Å². The van der Waals surface area contributed by atoms with Gasteiger partial charge in [0.2, 0.25) is 0 Å². The van der Waals surface area contributed by atoms with Crippen LogP contribution >= 0.6 is 0 Å². The molecule has 0 aliphatic rings. The minimum Gasteiger partial charge on any atom is -0.258 e. The van der Waals surface area contributed by atoms with Gasteiger partial charge in [-0.15, -0.1) is 0 Å². The van der Waals surface area contributed by atoms with Crippen LogP contribution in [0.4, 0.5) is 32.0 Å². The Morgan fingerprint density at radius 1 is 0.941 bits per heavy atom. The first-order chi connectivity index (χ1) is 7.55. The van der Waals surface area contributed by atoms with Gasteiger partial charge in [-0.1, -0.05) is 6.07 Å². The van der Waals surface area contributed by atoms with E-state index in [9.17, 15) is 36.5 Å². The number of para-hydroxylation sites is 1. The van der Waals surface area contributed by atoms with Crippen LogP contribution in [-0.2, 0) is 12.4 Å². The smallest absolute Gasteiger partial charge is 0.258 e. The molecule has 0 saturated heterocycles. The minimum absolute atomic E-state index is 0.230. The van der Waals surface area contributed by atoms with Gasteiger partial charge >= 0.3 is 12.4 Å². The number of hydrogen-bond acceptors (Lipinski definition) is 2. The highest BCUT2D eigenvalue weighted by Gasteiger charge is 2.46. The molecule has 1 aromatic carbocycles. The van der Waals surface area contributed by atoms with E-state index in [4.69, 9.17) is 0 Å². The highest BCUT2D eigenvalue weighted by atomic mass is 19.4. The standard InChI is InChI=1S/C8H3F6NO2/c9-7(10,11)4-2-1-3-5(8(12,13)14)6(4)15(16)17/h1-3H. The number of nitro benzene ring substituents is 1. The predicted molar refractivity (Wildman–Crippen MR) is 43.1 cm³/mol. The maximum Gasteiger partial charge on any atom is 0.423 e. The summed E-state index contributed by atoms with van der Waals surface area (Å²) in [6.45, 7) is 0. The van der Waals surface area contributed by atoms with Crippen LogP contribution in [0.3, 0.4) is 0 Å². The summed E-state index contributed by atoms with van der Waals surface area (Å²) in [5, 5.41) is 10.3.